The van der Waals surface area contributed by atoms with Crippen LogP contribution >= 0.6 is 50.4 Å². The Morgan fingerprint density at radius 3 is 2.76 bits per heavy atom. The molecule has 0 saturated carbocycles. The molecule has 1 aliphatic heterocycles. The fourth-order valence-corrected chi connectivity index (χ4v) is 9.03. The number of thiazole rings is 1. The van der Waals surface area contributed by atoms with Crippen LogP contribution in [-0.2, 0) is 13.0 Å². The third-order valence-corrected chi connectivity index (χ3v) is 11.2. The van der Waals surface area contributed by atoms with Gasteiger partial charge in [-0.25, -0.2) is 28.4 Å². The molecule has 0 spiro atoms. The molecule has 0 bridgehead atoms. The van der Waals surface area contributed by atoms with Gasteiger partial charge in [0.05, 0.1) is 27.0 Å². The average Bonchev–Trinajstić information content (AvgIpc) is 3.73. The molecule has 1 aromatic carbocycles. The van der Waals surface area contributed by atoms with E-state index in [1.54, 1.807) is 31.9 Å². The molecule has 7 rings (SSSR count). The number of hydrogen-bond donors (Lipinski definition) is 0. The highest BCUT2D eigenvalue weighted by Gasteiger charge is 2.36. The third kappa shape index (κ3) is 5.51. The van der Waals surface area contributed by atoms with Gasteiger partial charge in [0, 0.05) is 33.6 Å². The number of fused-ring (bicyclic) bond motifs is 6. The second kappa shape index (κ2) is 11.7. The van der Waals surface area contributed by atoms with E-state index in [4.69, 9.17) is 0 Å². The molecule has 218 valence electrons. The Labute approximate surface area is 262 Å². The number of rotatable bonds is 5. The summed E-state index contributed by atoms with van der Waals surface area (Å²) in [5.74, 6) is 2.04. The number of alkyl halides is 2. The minimum absolute atomic E-state index is 0.0594. The number of nitrogens with zero attached hydrogens (tertiary/aromatic N) is 6. The summed E-state index contributed by atoms with van der Waals surface area (Å²) in [7, 11) is 0. The van der Waals surface area contributed by atoms with Gasteiger partial charge in [0.15, 0.2) is 11.6 Å². The lowest BCUT2D eigenvalue weighted by Gasteiger charge is -2.29. The molecule has 4 aromatic heterocycles. The zero-order valence-corrected chi connectivity index (χ0v) is 27.1. The standard InChI is InChI=1S/C16H19NOS3.C13H8BrF2N5/c1-4-6-20-15-12-10(8-16(2,3)9-11(12)18)13(21-15)14-17-5-7-19-14;14-7-1-2-9-8(3-7)13-17-5-19-21(13)4-10-11(12(15)16)18-6-20(9)10/h5,7H,4,6,8-9H2,1-3H3;1-3,5-6,12H,4H2. The van der Waals surface area contributed by atoms with Gasteiger partial charge in [0.1, 0.15) is 23.4 Å². The summed E-state index contributed by atoms with van der Waals surface area (Å²) in [5, 5.41) is 7.20. The quantitative estimate of drug-likeness (QED) is 0.169. The summed E-state index contributed by atoms with van der Waals surface area (Å²) < 4.78 is 31.6. The maximum atomic E-state index is 13.1. The zero-order chi connectivity index (χ0) is 29.6. The molecule has 7 nitrogen and oxygen atoms in total. The first-order valence-electron chi connectivity index (χ1n) is 13.4. The van der Waals surface area contributed by atoms with Crippen LogP contribution in [0.3, 0.4) is 0 Å². The van der Waals surface area contributed by atoms with Gasteiger partial charge in [-0.05, 0) is 47.8 Å². The molecule has 2 aliphatic rings. The highest BCUT2D eigenvalue weighted by molar-refractivity contribution is 9.10. The minimum Gasteiger partial charge on any atom is -0.300 e. The molecule has 13 heteroatoms. The monoisotopic (exact) mass is 688 g/mol. The summed E-state index contributed by atoms with van der Waals surface area (Å²) in [5.41, 5.74) is 4.10. The number of Topliss-reactive ketones (excluding diaryl/α,β-unsaturated/α-hetero) is 1. The largest absolute Gasteiger partial charge is 0.300 e. The van der Waals surface area contributed by atoms with E-state index in [0.29, 0.717) is 23.7 Å². The van der Waals surface area contributed by atoms with Crippen molar-refractivity contribution in [2.45, 2.75) is 57.2 Å². The maximum absolute atomic E-state index is 13.1. The van der Waals surface area contributed by atoms with Crippen molar-refractivity contribution in [1.82, 2.24) is 29.3 Å². The molecule has 5 aromatic rings. The van der Waals surface area contributed by atoms with Gasteiger partial charge in [-0.2, -0.15) is 5.10 Å². The highest BCUT2D eigenvalue weighted by Crippen LogP contribution is 2.49. The Hall–Kier alpha value is -2.74. The van der Waals surface area contributed by atoms with Crippen LogP contribution in [0.5, 0.6) is 0 Å². The van der Waals surface area contributed by atoms with Gasteiger partial charge in [-0.15, -0.1) is 34.4 Å². The molecule has 0 N–H and O–H groups in total. The number of thiophene rings is 1. The van der Waals surface area contributed by atoms with Gasteiger partial charge in [-0.3, -0.25) is 4.79 Å². The van der Waals surface area contributed by atoms with Crippen LogP contribution in [0.2, 0.25) is 0 Å². The number of thioether (sulfide) groups is 1. The fourth-order valence-electron chi connectivity index (χ4n) is 5.32. The van der Waals surface area contributed by atoms with Crippen molar-refractivity contribution < 1.29 is 13.6 Å². The van der Waals surface area contributed by atoms with Crippen molar-refractivity contribution >= 4 is 56.1 Å². The molecule has 0 radical (unpaired) electrons. The first kappa shape index (κ1) is 29.3. The van der Waals surface area contributed by atoms with Crippen LogP contribution in [0.25, 0.3) is 27.0 Å². The smallest absolute Gasteiger partial charge is 0.282 e. The van der Waals surface area contributed by atoms with Gasteiger partial charge in [0.25, 0.3) is 6.43 Å². The van der Waals surface area contributed by atoms with E-state index in [9.17, 15) is 13.6 Å². The second-order valence-electron chi connectivity index (χ2n) is 10.8. The van der Waals surface area contributed by atoms with E-state index >= 15 is 0 Å². The Morgan fingerprint density at radius 2 is 2.02 bits per heavy atom. The number of carbonyl (C=O) groups is 1. The summed E-state index contributed by atoms with van der Waals surface area (Å²) in [4.78, 5) is 26.4. The molecular formula is C29H27BrF2N6OS3. The summed E-state index contributed by atoms with van der Waals surface area (Å²) in [6.07, 6.45) is 4.85. The number of ketones is 1. The van der Waals surface area contributed by atoms with Gasteiger partial charge in [0.2, 0.25) is 0 Å². The Kier molecular flexibility index (Phi) is 8.20. The molecule has 0 fully saturated rings. The molecule has 0 amide bonds. The number of halogens is 3. The number of imidazole rings is 1. The first-order chi connectivity index (χ1) is 20.2. The Morgan fingerprint density at radius 1 is 1.19 bits per heavy atom. The van der Waals surface area contributed by atoms with Crippen LogP contribution in [-0.4, -0.2) is 40.8 Å². The predicted molar refractivity (Wildman–Crippen MR) is 167 cm³/mol. The van der Waals surface area contributed by atoms with Crippen molar-refractivity contribution in [3.8, 4) is 27.0 Å². The topological polar surface area (TPSA) is 78.5 Å². The summed E-state index contributed by atoms with van der Waals surface area (Å²) >= 11 is 8.69. The number of aromatic nitrogens is 6. The minimum atomic E-state index is -2.62. The lowest BCUT2D eigenvalue weighted by molar-refractivity contribution is 0.0910. The lowest BCUT2D eigenvalue weighted by Crippen LogP contribution is -2.26. The lowest BCUT2D eigenvalue weighted by atomic mass is 9.74. The van der Waals surface area contributed by atoms with Crippen LogP contribution < -0.4 is 0 Å². The van der Waals surface area contributed by atoms with Crippen LogP contribution in [0.1, 0.15) is 67.3 Å². The summed E-state index contributed by atoms with van der Waals surface area (Å²) in [6.45, 7) is 6.77. The highest BCUT2D eigenvalue weighted by atomic mass is 79.9. The van der Waals surface area contributed by atoms with Crippen molar-refractivity contribution in [1.29, 1.82) is 0 Å². The van der Waals surface area contributed by atoms with E-state index in [1.807, 2.05) is 41.5 Å². The van der Waals surface area contributed by atoms with Crippen LogP contribution in [0.4, 0.5) is 8.78 Å². The van der Waals surface area contributed by atoms with Gasteiger partial charge < -0.3 is 4.57 Å². The fraction of sp³-hybridized carbons (Fsp3) is 0.345. The van der Waals surface area contributed by atoms with E-state index < -0.39 is 6.43 Å². The van der Waals surface area contributed by atoms with Crippen LogP contribution in [0, 0.1) is 5.41 Å². The number of carbonyl (C=O) groups excluding carboxylic acids is 1. The van der Waals surface area contributed by atoms with Crippen molar-refractivity contribution in [3.63, 3.8) is 0 Å². The number of hydrogen-bond acceptors (Lipinski definition) is 8. The zero-order valence-electron chi connectivity index (χ0n) is 23.1. The average molecular weight is 690 g/mol. The number of benzene rings is 1. The maximum Gasteiger partial charge on any atom is 0.282 e. The van der Waals surface area contributed by atoms with Crippen LogP contribution in [0.15, 0.2) is 51.1 Å². The van der Waals surface area contributed by atoms with E-state index in [-0.39, 0.29) is 17.7 Å². The predicted octanol–water partition coefficient (Wildman–Crippen LogP) is 8.72. The molecule has 0 unspecified atom stereocenters. The Balaban J connectivity index is 0.000000150. The molecule has 5 heterocycles. The van der Waals surface area contributed by atoms with Crippen molar-refractivity contribution in [2.75, 3.05) is 5.75 Å². The van der Waals surface area contributed by atoms with Gasteiger partial charge >= 0.3 is 0 Å². The molecular weight excluding hydrogens is 662 g/mol. The SMILES string of the molecule is CCCSc1sc(-c2nccs2)c2c1C(=O)CC(C)(C)C2.FC(F)c1ncn2c1Cn1ncnc1-c1cc(Br)ccc1-2. The van der Waals surface area contributed by atoms with Crippen molar-refractivity contribution in [3.05, 3.63) is 69.4 Å². The van der Waals surface area contributed by atoms with E-state index in [0.717, 1.165) is 44.9 Å². The van der Waals surface area contributed by atoms with Crippen molar-refractivity contribution in [2.24, 2.45) is 5.41 Å². The molecule has 1 aliphatic carbocycles. The normalized spacial score (nSPS) is 14.9. The summed E-state index contributed by atoms with van der Waals surface area (Å²) in [6, 6.07) is 5.61. The molecule has 42 heavy (non-hydrogen) atoms. The molecule has 0 saturated heterocycles. The first-order valence-corrected chi connectivity index (χ1v) is 16.9. The third-order valence-electron chi connectivity index (χ3n) is 7.09. The van der Waals surface area contributed by atoms with E-state index in [1.165, 1.54) is 27.3 Å². The molecule has 0 atom stereocenters. The Bertz CT molecular complexity index is 1760. The van der Waals surface area contributed by atoms with Gasteiger partial charge in [-0.1, -0.05) is 36.7 Å². The van der Waals surface area contributed by atoms with E-state index in [2.05, 4.69) is 56.8 Å². The second-order valence-corrected chi connectivity index (χ2v) is 15.0.